The first-order valence-corrected chi connectivity index (χ1v) is 11.0. The fourth-order valence-electron chi connectivity index (χ4n) is 3.76. The molecule has 0 spiro atoms. The molecule has 3 rings (SSSR count). The summed E-state index contributed by atoms with van der Waals surface area (Å²) in [4.78, 5) is 38.2. The van der Waals surface area contributed by atoms with E-state index >= 15 is 0 Å². The first-order valence-electron chi connectivity index (χ1n) is 11.0. The van der Waals surface area contributed by atoms with Crippen LogP contribution in [0.15, 0.2) is 48.5 Å². The Balaban J connectivity index is 1.41. The van der Waals surface area contributed by atoms with Gasteiger partial charge in [0.2, 0.25) is 5.91 Å². The van der Waals surface area contributed by atoms with E-state index in [1.807, 2.05) is 36.1 Å². The van der Waals surface area contributed by atoms with E-state index in [0.29, 0.717) is 43.3 Å². The molecule has 1 aliphatic rings. The van der Waals surface area contributed by atoms with Crippen LogP contribution in [0.1, 0.15) is 41.3 Å². The maximum absolute atomic E-state index is 12.8. The lowest BCUT2D eigenvalue weighted by molar-refractivity contribution is -0.120. The van der Waals surface area contributed by atoms with E-state index in [0.717, 1.165) is 24.0 Å². The molecular weight excluding hydrogens is 408 g/mol. The molecule has 1 heterocycles. The number of nitrogens with one attached hydrogen (secondary N) is 1. The zero-order valence-electron chi connectivity index (χ0n) is 18.6. The molecule has 2 aromatic rings. The molecule has 0 aliphatic carbocycles. The van der Waals surface area contributed by atoms with Gasteiger partial charge in [-0.25, -0.2) is 4.79 Å². The first kappa shape index (κ1) is 23.3. The second-order valence-corrected chi connectivity index (χ2v) is 8.01. The number of carbonyl (C=O) groups excluding carboxylic acids is 3. The molecule has 0 unspecified atom stereocenters. The summed E-state index contributed by atoms with van der Waals surface area (Å²) in [6.07, 6.45) is 1.32. The first-order chi connectivity index (χ1) is 15.4. The number of rotatable bonds is 7. The van der Waals surface area contributed by atoms with Crippen LogP contribution in [0.2, 0.25) is 0 Å². The molecule has 0 radical (unpaired) electrons. The highest BCUT2D eigenvalue weighted by Crippen LogP contribution is 2.20. The van der Waals surface area contributed by atoms with Gasteiger partial charge in [0.05, 0.1) is 13.0 Å². The number of benzene rings is 2. The summed E-state index contributed by atoms with van der Waals surface area (Å²) in [6, 6.07) is 14.4. The lowest BCUT2D eigenvalue weighted by Crippen LogP contribution is -2.41. The summed E-state index contributed by atoms with van der Waals surface area (Å²) >= 11 is 0. The fraction of sp³-hybridized carbons (Fsp3) is 0.400. The Morgan fingerprint density at radius 3 is 2.44 bits per heavy atom. The van der Waals surface area contributed by atoms with Gasteiger partial charge in [0.15, 0.2) is 0 Å². The third-order valence-electron chi connectivity index (χ3n) is 5.50. The molecule has 7 heteroatoms. The van der Waals surface area contributed by atoms with Gasteiger partial charge in [-0.15, -0.1) is 0 Å². The fourth-order valence-corrected chi connectivity index (χ4v) is 3.76. The van der Waals surface area contributed by atoms with Crippen LogP contribution >= 0.6 is 0 Å². The minimum Gasteiger partial charge on any atom is -0.434 e. The minimum atomic E-state index is -0.764. The number of hydrogen-bond donors (Lipinski definition) is 1. The van der Waals surface area contributed by atoms with Crippen LogP contribution in [0.4, 0.5) is 4.79 Å². The van der Waals surface area contributed by atoms with Crippen molar-refractivity contribution < 1.29 is 23.9 Å². The third kappa shape index (κ3) is 6.83. The Bertz CT molecular complexity index is 934. The molecule has 1 saturated heterocycles. The summed E-state index contributed by atoms with van der Waals surface area (Å²) in [5, 5.41) is 3.03. The quantitative estimate of drug-likeness (QED) is 0.526. The predicted octanol–water partition coefficient (Wildman–Crippen LogP) is 3.74. The molecule has 7 nitrogen and oxygen atoms in total. The van der Waals surface area contributed by atoms with E-state index in [9.17, 15) is 14.4 Å². The van der Waals surface area contributed by atoms with Crippen molar-refractivity contribution in [2.75, 3.05) is 26.2 Å². The van der Waals surface area contributed by atoms with E-state index in [4.69, 9.17) is 9.47 Å². The summed E-state index contributed by atoms with van der Waals surface area (Å²) < 4.78 is 9.75. The number of likely N-dealkylation sites (tertiary alicyclic amines) is 1. The van der Waals surface area contributed by atoms with Crippen LogP contribution in [0.25, 0.3) is 0 Å². The van der Waals surface area contributed by atoms with Crippen LogP contribution in [0, 0.1) is 12.8 Å². The van der Waals surface area contributed by atoms with Crippen molar-refractivity contribution >= 4 is 18.0 Å². The Morgan fingerprint density at radius 2 is 1.78 bits per heavy atom. The van der Waals surface area contributed by atoms with Crippen molar-refractivity contribution in [3.63, 3.8) is 0 Å². The molecule has 2 amide bonds. The number of amides is 2. The van der Waals surface area contributed by atoms with Crippen molar-refractivity contribution in [3.05, 3.63) is 65.2 Å². The highest BCUT2D eigenvalue weighted by atomic mass is 16.7. The van der Waals surface area contributed by atoms with E-state index in [1.165, 1.54) is 0 Å². The number of ether oxygens (including phenoxy) is 2. The molecule has 0 bridgehead atoms. The maximum atomic E-state index is 12.8. The van der Waals surface area contributed by atoms with E-state index in [1.54, 1.807) is 31.2 Å². The Morgan fingerprint density at radius 1 is 1.06 bits per heavy atom. The molecular formula is C25H30N2O5. The lowest BCUT2D eigenvalue weighted by atomic mass is 9.96. The number of nitrogens with zero attached hydrogens (tertiary/aromatic N) is 1. The van der Waals surface area contributed by atoms with Gasteiger partial charge >= 0.3 is 6.16 Å². The van der Waals surface area contributed by atoms with Crippen LogP contribution in [-0.2, 0) is 16.0 Å². The molecule has 0 saturated carbocycles. The molecule has 32 heavy (non-hydrogen) atoms. The van der Waals surface area contributed by atoms with Gasteiger partial charge in [-0.05, 0) is 62.4 Å². The SMILES string of the molecule is CCOC(=O)Oc1ccc(C(=O)N2CCC(CNC(=O)Cc3cccc(C)c3)CC2)cc1. The van der Waals surface area contributed by atoms with Gasteiger partial charge in [0.1, 0.15) is 5.75 Å². The highest BCUT2D eigenvalue weighted by Gasteiger charge is 2.24. The summed E-state index contributed by atoms with van der Waals surface area (Å²) in [7, 11) is 0. The van der Waals surface area contributed by atoms with E-state index in [2.05, 4.69) is 5.32 Å². The number of piperidine rings is 1. The van der Waals surface area contributed by atoms with Crippen LogP contribution < -0.4 is 10.1 Å². The average molecular weight is 439 g/mol. The van der Waals surface area contributed by atoms with E-state index in [-0.39, 0.29) is 18.4 Å². The molecule has 1 N–H and O–H groups in total. The standard InChI is InChI=1S/C25H30N2O5/c1-3-31-25(30)32-22-9-7-21(8-10-22)24(29)27-13-11-19(12-14-27)17-26-23(28)16-20-6-4-5-18(2)15-20/h4-10,15,19H,3,11-14,16-17H2,1-2H3,(H,26,28). The van der Waals surface area contributed by atoms with Crippen molar-refractivity contribution in [2.24, 2.45) is 5.92 Å². The van der Waals surface area contributed by atoms with Crippen molar-refractivity contribution in [3.8, 4) is 5.75 Å². The van der Waals surface area contributed by atoms with Gasteiger partial charge in [0.25, 0.3) is 5.91 Å². The van der Waals surface area contributed by atoms with Crippen molar-refractivity contribution in [1.29, 1.82) is 0 Å². The largest absolute Gasteiger partial charge is 0.513 e. The van der Waals surface area contributed by atoms with Gasteiger partial charge in [-0.3, -0.25) is 9.59 Å². The van der Waals surface area contributed by atoms with Crippen LogP contribution in [-0.4, -0.2) is 49.1 Å². The third-order valence-corrected chi connectivity index (χ3v) is 5.50. The Kier molecular flexibility index (Phi) is 8.25. The summed E-state index contributed by atoms with van der Waals surface area (Å²) in [5.41, 5.74) is 2.71. The molecule has 2 aromatic carbocycles. The summed E-state index contributed by atoms with van der Waals surface area (Å²) in [5.74, 6) is 0.676. The topological polar surface area (TPSA) is 84.9 Å². The molecule has 1 aliphatic heterocycles. The van der Waals surface area contributed by atoms with Crippen molar-refractivity contribution in [2.45, 2.75) is 33.1 Å². The molecule has 1 fully saturated rings. The van der Waals surface area contributed by atoms with Crippen molar-refractivity contribution in [1.82, 2.24) is 10.2 Å². The average Bonchev–Trinajstić information content (AvgIpc) is 2.78. The Hall–Kier alpha value is -3.35. The molecule has 0 atom stereocenters. The summed E-state index contributed by atoms with van der Waals surface area (Å²) in [6.45, 7) is 5.89. The second-order valence-electron chi connectivity index (χ2n) is 8.01. The van der Waals surface area contributed by atoms with Crippen LogP contribution in [0.3, 0.4) is 0 Å². The number of carbonyl (C=O) groups is 3. The van der Waals surface area contributed by atoms with Gasteiger partial charge < -0.3 is 19.7 Å². The predicted molar refractivity (Wildman–Crippen MR) is 121 cm³/mol. The van der Waals surface area contributed by atoms with Gasteiger partial charge in [-0.1, -0.05) is 29.8 Å². The normalized spacial score (nSPS) is 14.0. The maximum Gasteiger partial charge on any atom is 0.513 e. The monoisotopic (exact) mass is 438 g/mol. The van der Waals surface area contributed by atoms with E-state index < -0.39 is 6.16 Å². The van der Waals surface area contributed by atoms with Gasteiger partial charge in [0, 0.05) is 25.2 Å². The molecule has 170 valence electrons. The Labute approximate surface area is 188 Å². The number of aryl methyl sites for hydroxylation is 1. The zero-order chi connectivity index (χ0) is 22.9. The zero-order valence-corrected chi connectivity index (χ0v) is 18.6. The number of hydrogen-bond acceptors (Lipinski definition) is 5. The van der Waals surface area contributed by atoms with Gasteiger partial charge in [-0.2, -0.15) is 0 Å². The van der Waals surface area contributed by atoms with Crippen LogP contribution in [0.5, 0.6) is 5.75 Å². The highest BCUT2D eigenvalue weighted by molar-refractivity contribution is 5.94. The second kappa shape index (κ2) is 11.3. The lowest BCUT2D eigenvalue weighted by Gasteiger charge is -2.32. The smallest absolute Gasteiger partial charge is 0.434 e. The minimum absolute atomic E-state index is 0.0271. The molecule has 0 aromatic heterocycles.